The smallest absolute Gasteiger partial charge is 0.154 e. The number of hydrogen-bond donors (Lipinski definition) is 1. The predicted molar refractivity (Wildman–Crippen MR) is 42.2 cm³/mol. The van der Waals surface area contributed by atoms with Crippen molar-refractivity contribution in [2.75, 3.05) is 13.7 Å². The molecule has 3 nitrogen and oxygen atoms in total. The summed E-state index contributed by atoms with van der Waals surface area (Å²) in [6.45, 7) is 0.356. The summed E-state index contributed by atoms with van der Waals surface area (Å²) in [6, 6.07) is -0.398. The van der Waals surface area contributed by atoms with E-state index in [0.29, 0.717) is 6.61 Å². The van der Waals surface area contributed by atoms with Crippen LogP contribution in [0.15, 0.2) is 0 Å². The molecule has 0 bridgehead atoms. The Hall–Kier alpha value is -0.410. The van der Waals surface area contributed by atoms with Gasteiger partial charge in [-0.3, -0.25) is 4.79 Å². The Labute approximate surface area is 66.9 Å². The van der Waals surface area contributed by atoms with Crippen molar-refractivity contribution in [2.24, 2.45) is 11.7 Å². The Kier molecular flexibility index (Phi) is 3.02. The molecule has 0 aliphatic heterocycles. The summed E-state index contributed by atoms with van der Waals surface area (Å²) in [5, 5.41) is 0. The van der Waals surface area contributed by atoms with Crippen molar-refractivity contribution in [1.82, 2.24) is 0 Å². The normalized spacial score (nSPS) is 20.9. The maximum Gasteiger partial charge on any atom is 0.154 e. The third-order valence-corrected chi connectivity index (χ3v) is 2.22. The lowest BCUT2D eigenvalue weighted by atomic mass is 9.80. The van der Waals surface area contributed by atoms with Crippen LogP contribution in [0.3, 0.4) is 0 Å². The minimum Gasteiger partial charge on any atom is -0.383 e. The first-order chi connectivity index (χ1) is 5.25. The Bertz CT molecular complexity index is 143. The van der Waals surface area contributed by atoms with E-state index in [4.69, 9.17) is 10.5 Å². The zero-order valence-corrected chi connectivity index (χ0v) is 6.88. The van der Waals surface area contributed by atoms with E-state index in [9.17, 15) is 4.79 Å². The van der Waals surface area contributed by atoms with E-state index in [1.165, 1.54) is 6.42 Å². The van der Waals surface area contributed by atoms with Crippen molar-refractivity contribution >= 4 is 5.78 Å². The molecule has 0 unspecified atom stereocenters. The van der Waals surface area contributed by atoms with Gasteiger partial charge in [0.15, 0.2) is 5.78 Å². The van der Waals surface area contributed by atoms with Crippen LogP contribution in [0.5, 0.6) is 0 Å². The second-order valence-corrected chi connectivity index (χ2v) is 3.09. The number of ether oxygens (including phenoxy) is 1. The first-order valence-corrected chi connectivity index (χ1v) is 4.04. The zero-order chi connectivity index (χ0) is 8.27. The van der Waals surface area contributed by atoms with Gasteiger partial charge < -0.3 is 10.5 Å². The third kappa shape index (κ3) is 2.01. The van der Waals surface area contributed by atoms with Crippen molar-refractivity contribution in [3.63, 3.8) is 0 Å². The molecule has 0 aromatic carbocycles. The number of carbonyl (C=O) groups excluding carboxylic acids is 1. The van der Waals surface area contributed by atoms with E-state index >= 15 is 0 Å². The molecule has 64 valence electrons. The molecule has 0 aromatic heterocycles. The molecular formula is C8H15NO2. The third-order valence-electron chi connectivity index (χ3n) is 2.22. The van der Waals surface area contributed by atoms with Crippen LogP contribution in [0.2, 0.25) is 0 Å². The van der Waals surface area contributed by atoms with Gasteiger partial charge in [-0.25, -0.2) is 0 Å². The Balaban J connectivity index is 2.27. The predicted octanol–water partition coefficient (Wildman–Crippen LogP) is 0.329. The monoisotopic (exact) mass is 157 g/mol. The van der Waals surface area contributed by atoms with Gasteiger partial charge >= 0.3 is 0 Å². The summed E-state index contributed by atoms with van der Waals surface area (Å²) < 4.78 is 4.80. The largest absolute Gasteiger partial charge is 0.383 e. The van der Waals surface area contributed by atoms with E-state index in [-0.39, 0.29) is 11.7 Å². The zero-order valence-electron chi connectivity index (χ0n) is 6.88. The molecule has 3 heteroatoms. The van der Waals surface area contributed by atoms with Gasteiger partial charge in [0.2, 0.25) is 0 Å². The van der Waals surface area contributed by atoms with E-state index in [1.54, 1.807) is 7.11 Å². The van der Waals surface area contributed by atoms with E-state index in [2.05, 4.69) is 0 Å². The Morgan fingerprint density at radius 3 is 2.73 bits per heavy atom. The summed E-state index contributed by atoms with van der Waals surface area (Å²) >= 11 is 0. The van der Waals surface area contributed by atoms with Crippen LogP contribution in [-0.4, -0.2) is 25.5 Å². The van der Waals surface area contributed by atoms with Crippen molar-refractivity contribution in [3.05, 3.63) is 0 Å². The molecule has 0 aromatic rings. The highest BCUT2D eigenvalue weighted by atomic mass is 16.5. The lowest BCUT2D eigenvalue weighted by Gasteiger charge is -2.26. The van der Waals surface area contributed by atoms with Crippen LogP contribution in [0.4, 0.5) is 0 Å². The van der Waals surface area contributed by atoms with E-state index in [0.717, 1.165) is 12.8 Å². The van der Waals surface area contributed by atoms with Crippen LogP contribution in [0.1, 0.15) is 19.3 Å². The summed E-state index contributed by atoms with van der Waals surface area (Å²) in [4.78, 5) is 11.3. The molecule has 1 saturated carbocycles. The Morgan fingerprint density at radius 1 is 1.73 bits per heavy atom. The second kappa shape index (κ2) is 3.83. The summed E-state index contributed by atoms with van der Waals surface area (Å²) in [7, 11) is 1.56. The summed E-state index contributed by atoms with van der Waals surface area (Å²) in [5.41, 5.74) is 5.56. The topological polar surface area (TPSA) is 52.3 Å². The number of nitrogens with two attached hydrogens (primary N) is 1. The average Bonchev–Trinajstić information content (AvgIpc) is 1.84. The number of Topliss-reactive ketones (excluding diaryl/α,β-unsaturated/α-hetero) is 1. The molecule has 1 fully saturated rings. The number of methoxy groups -OCH3 is 1. The van der Waals surface area contributed by atoms with Crippen LogP contribution < -0.4 is 5.73 Å². The lowest BCUT2D eigenvalue weighted by Crippen LogP contribution is -2.41. The molecule has 2 N–H and O–H groups in total. The first kappa shape index (κ1) is 8.68. The van der Waals surface area contributed by atoms with Crippen molar-refractivity contribution in [2.45, 2.75) is 25.3 Å². The number of hydrogen-bond acceptors (Lipinski definition) is 3. The molecule has 0 amide bonds. The molecular weight excluding hydrogens is 142 g/mol. The van der Waals surface area contributed by atoms with Gasteiger partial charge in [-0.15, -0.1) is 0 Å². The fraction of sp³-hybridized carbons (Fsp3) is 0.875. The van der Waals surface area contributed by atoms with Gasteiger partial charge in [-0.1, -0.05) is 6.42 Å². The molecule has 0 saturated heterocycles. The number of ketones is 1. The van der Waals surface area contributed by atoms with Gasteiger partial charge in [-0.05, 0) is 12.8 Å². The molecule has 1 aliphatic rings. The number of rotatable bonds is 4. The molecule has 0 spiro atoms. The highest BCUT2D eigenvalue weighted by molar-refractivity contribution is 5.86. The van der Waals surface area contributed by atoms with Crippen LogP contribution in [-0.2, 0) is 9.53 Å². The van der Waals surface area contributed by atoms with E-state index < -0.39 is 6.04 Å². The maximum absolute atomic E-state index is 11.3. The van der Waals surface area contributed by atoms with Crippen LogP contribution >= 0.6 is 0 Å². The fourth-order valence-electron chi connectivity index (χ4n) is 1.26. The lowest BCUT2D eigenvalue weighted by molar-refractivity contribution is -0.127. The van der Waals surface area contributed by atoms with Gasteiger partial charge in [-0.2, -0.15) is 0 Å². The average molecular weight is 157 g/mol. The maximum atomic E-state index is 11.3. The molecule has 1 atom stereocenters. The molecule has 1 rings (SSSR count). The quantitative estimate of drug-likeness (QED) is 0.639. The standard InChI is InChI=1S/C8H15NO2/c1-11-5-7(9)8(10)6-3-2-4-6/h6-7H,2-5,9H2,1H3/t7-/m0/s1. The van der Waals surface area contributed by atoms with Crippen LogP contribution in [0, 0.1) is 5.92 Å². The molecule has 0 radical (unpaired) electrons. The number of carbonyl (C=O) groups is 1. The van der Waals surface area contributed by atoms with Crippen LogP contribution in [0.25, 0.3) is 0 Å². The van der Waals surface area contributed by atoms with Gasteiger partial charge in [0.05, 0.1) is 12.6 Å². The van der Waals surface area contributed by atoms with E-state index in [1.807, 2.05) is 0 Å². The second-order valence-electron chi connectivity index (χ2n) is 3.09. The summed E-state index contributed by atoms with van der Waals surface area (Å²) in [5.74, 6) is 0.415. The van der Waals surface area contributed by atoms with Crippen molar-refractivity contribution < 1.29 is 9.53 Å². The van der Waals surface area contributed by atoms with Gasteiger partial charge in [0.25, 0.3) is 0 Å². The van der Waals surface area contributed by atoms with Crippen molar-refractivity contribution in [3.8, 4) is 0 Å². The molecule has 0 heterocycles. The van der Waals surface area contributed by atoms with Crippen molar-refractivity contribution in [1.29, 1.82) is 0 Å². The Morgan fingerprint density at radius 2 is 2.36 bits per heavy atom. The highest BCUT2D eigenvalue weighted by Crippen LogP contribution is 2.27. The molecule has 11 heavy (non-hydrogen) atoms. The minimum absolute atomic E-state index is 0.179. The van der Waals surface area contributed by atoms with Gasteiger partial charge in [0, 0.05) is 13.0 Å². The SMILES string of the molecule is COC[C@H](N)C(=O)C1CCC1. The molecule has 1 aliphatic carbocycles. The fourth-order valence-corrected chi connectivity index (χ4v) is 1.26. The first-order valence-electron chi connectivity index (χ1n) is 4.04. The van der Waals surface area contributed by atoms with Gasteiger partial charge in [0.1, 0.15) is 0 Å². The highest BCUT2D eigenvalue weighted by Gasteiger charge is 2.28. The summed E-state index contributed by atoms with van der Waals surface area (Å²) in [6.07, 6.45) is 3.22. The minimum atomic E-state index is -0.398.